The molecule has 0 spiro atoms. The van der Waals surface area contributed by atoms with Gasteiger partial charge in [-0.1, -0.05) is 60.7 Å². The van der Waals surface area contributed by atoms with E-state index in [0.717, 1.165) is 12.3 Å². The average Bonchev–Trinajstić information content (AvgIpc) is 2.52. The Morgan fingerprint density at radius 3 is 2.57 bits per heavy atom. The fraction of sp³-hybridized carbons (Fsp3) is 0.263. The second-order valence-corrected chi connectivity index (χ2v) is 5.22. The van der Waals surface area contributed by atoms with E-state index < -0.39 is 0 Å². The van der Waals surface area contributed by atoms with Gasteiger partial charge in [-0.05, 0) is 25.5 Å². The minimum absolute atomic E-state index is 0.304. The molecule has 2 nitrogen and oxygen atoms in total. The molecule has 2 aromatic carbocycles. The van der Waals surface area contributed by atoms with Gasteiger partial charge < -0.3 is 10.1 Å². The monoisotopic (exact) mass is 281 g/mol. The molecular formula is C19H23NO. The van der Waals surface area contributed by atoms with Crippen molar-refractivity contribution < 1.29 is 4.74 Å². The average molecular weight is 281 g/mol. The van der Waals surface area contributed by atoms with E-state index in [1.54, 1.807) is 6.08 Å². The molecule has 0 fully saturated rings. The van der Waals surface area contributed by atoms with Crippen molar-refractivity contribution >= 4 is 0 Å². The van der Waals surface area contributed by atoms with Crippen LogP contribution < -0.4 is 10.1 Å². The summed E-state index contributed by atoms with van der Waals surface area (Å²) < 4.78 is 5.68. The van der Waals surface area contributed by atoms with Gasteiger partial charge in [0.1, 0.15) is 12.4 Å². The predicted molar refractivity (Wildman–Crippen MR) is 88.6 cm³/mol. The minimum atomic E-state index is 0.304. The highest BCUT2D eigenvalue weighted by Gasteiger charge is 2.07. The Morgan fingerprint density at radius 1 is 1.14 bits per heavy atom. The highest BCUT2D eigenvalue weighted by molar-refractivity contribution is 5.33. The number of benzene rings is 2. The van der Waals surface area contributed by atoms with E-state index >= 15 is 0 Å². The van der Waals surface area contributed by atoms with Gasteiger partial charge >= 0.3 is 0 Å². The summed E-state index contributed by atoms with van der Waals surface area (Å²) in [6.45, 7) is 9.28. The van der Waals surface area contributed by atoms with Crippen LogP contribution in [0.5, 0.6) is 5.75 Å². The zero-order valence-electron chi connectivity index (χ0n) is 12.8. The van der Waals surface area contributed by atoms with Gasteiger partial charge in [0.05, 0.1) is 0 Å². The third-order valence-corrected chi connectivity index (χ3v) is 3.51. The van der Waals surface area contributed by atoms with Gasteiger partial charge in [-0.25, -0.2) is 0 Å². The first-order valence-corrected chi connectivity index (χ1v) is 7.32. The Bertz CT molecular complexity index is 574. The summed E-state index contributed by atoms with van der Waals surface area (Å²) >= 11 is 0. The van der Waals surface area contributed by atoms with E-state index in [-0.39, 0.29) is 0 Å². The molecule has 0 aliphatic heterocycles. The molecule has 0 amide bonds. The summed E-state index contributed by atoms with van der Waals surface area (Å²) in [5.41, 5.74) is 3.75. The quantitative estimate of drug-likeness (QED) is 0.759. The summed E-state index contributed by atoms with van der Waals surface area (Å²) in [6, 6.07) is 17.1. The Hall–Kier alpha value is -2.06. The molecule has 0 saturated carbocycles. The molecule has 0 aliphatic carbocycles. The molecule has 0 bridgehead atoms. The molecule has 1 N–H and O–H groups in total. The first-order chi connectivity index (χ1) is 10.2. The minimum Gasteiger partial charge on any atom is -0.489 e. The fourth-order valence-corrected chi connectivity index (χ4v) is 2.18. The molecule has 2 aromatic rings. The van der Waals surface area contributed by atoms with Crippen LogP contribution in [0.3, 0.4) is 0 Å². The second-order valence-electron chi connectivity index (χ2n) is 5.22. The predicted octanol–water partition coefficient (Wildman–Crippen LogP) is 4.41. The maximum atomic E-state index is 5.68. The van der Waals surface area contributed by atoms with Crippen molar-refractivity contribution in [2.24, 2.45) is 0 Å². The van der Waals surface area contributed by atoms with Crippen LogP contribution in [0.2, 0.25) is 0 Å². The lowest BCUT2D eigenvalue weighted by molar-refractivity contribution is 0.357. The molecule has 2 heteroatoms. The molecule has 0 radical (unpaired) electrons. The first-order valence-electron chi connectivity index (χ1n) is 7.32. The van der Waals surface area contributed by atoms with Gasteiger partial charge in [0.15, 0.2) is 0 Å². The van der Waals surface area contributed by atoms with Crippen molar-refractivity contribution in [3.63, 3.8) is 0 Å². The number of hydrogen-bond acceptors (Lipinski definition) is 2. The lowest BCUT2D eigenvalue weighted by atomic mass is 10.1. The normalized spacial score (nSPS) is 11.9. The van der Waals surface area contributed by atoms with Crippen LogP contribution in [-0.2, 0) is 6.54 Å². The molecule has 2 rings (SSSR count). The molecule has 21 heavy (non-hydrogen) atoms. The third kappa shape index (κ3) is 4.47. The van der Waals surface area contributed by atoms with Gasteiger partial charge in [-0.15, -0.1) is 0 Å². The van der Waals surface area contributed by atoms with E-state index in [1.165, 1.54) is 16.7 Å². The smallest absolute Gasteiger partial charge is 0.124 e. The molecule has 0 aromatic heterocycles. The summed E-state index contributed by atoms with van der Waals surface area (Å²) in [7, 11) is 0. The molecule has 110 valence electrons. The Morgan fingerprint density at radius 2 is 1.86 bits per heavy atom. The van der Waals surface area contributed by atoms with Gasteiger partial charge in [-0.3, -0.25) is 0 Å². The Balaban J connectivity index is 1.99. The van der Waals surface area contributed by atoms with Crippen LogP contribution in [0, 0.1) is 6.92 Å². The van der Waals surface area contributed by atoms with E-state index in [9.17, 15) is 0 Å². The van der Waals surface area contributed by atoms with Crippen molar-refractivity contribution in [2.45, 2.75) is 26.4 Å². The van der Waals surface area contributed by atoms with Crippen LogP contribution in [0.25, 0.3) is 0 Å². The molecule has 1 atom stereocenters. The van der Waals surface area contributed by atoms with Gasteiger partial charge in [0.25, 0.3) is 0 Å². The van der Waals surface area contributed by atoms with Gasteiger partial charge in [0, 0.05) is 18.2 Å². The fourth-order valence-electron chi connectivity index (χ4n) is 2.18. The lowest BCUT2D eigenvalue weighted by Crippen LogP contribution is -2.18. The van der Waals surface area contributed by atoms with Crippen molar-refractivity contribution in [3.8, 4) is 5.75 Å². The highest BCUT2D eigenvalue weighted by Crippen LogP contribution is 2.20. The summed E-state index contributed by atoms with van der Waals surface area (Å²) in [6.07, 6.45) is 1.76. The molecule has 0 unspecified atom stereocenters. The molecule has 0 aliphatic rings. The topological polar surface area (TPSA) is 21.3 Å². The van der Waals surface area contributed by atoms with E-state index in [0.29, 0.717) is 12.6 Å². The standard InChI is InChI=1S/C19H23NO/c1-4-13-21-19-8-6-5-7-18(19)14-20-16(3)17-11-9-15(2)10-12-17/h4-12,16,20H,1,13-14H2,2-3H3/t16-/m0/s1. The summed E-state index contributed by atoms with van der Waals surface area (Å²) in [4.78, 5) is 0. The number of rotatable bonds is 7. The number of para-hydroxylation sites is 1. The summed E-state index contributed by atoms with van der Waals surface area (Å²) in [5.74, 6) is 0.918. The van der Waals surface area contributed by atoms with Crippen LogP contribution >= 0.6 is 0 Å². The number of ether oxygens (including phenoxy) is 1. The van der Waals surface area contributed by atoms with Crippen molar-refractivity contribution in [3.05, 3.63) is 77.9 Å². The third-order valence-electron chi connectivity index (χ3n) is 3.51. The van der Waals surface area contributed by atoms with E-state index in [1.807, 2.05) is 18.2 Å². The maximum Gasteiger partial charge on any atom is 0.124 e. The van der Waals surface area contributed by atoms with Gasteiger partial charge in [-0.2, -0.15) is 0 Å². The molecular weight excluding hydrogens is 258 g/mol. The lowest BCUT2D eigenvalue weighted by Gasteiger charge is -2.16. The van der Waals surface area contributed by atoms with Crippen LogP contribution in [0.15, 0.2) is 61.2 Å². The van der Waals surface area contributed by atoms with Crippen molar-refractivity contribution in [1.82, 2.24) is 5.32 Å². The van der Waals surface area contributed by atoms with Crippen LogP contribution in [0.4, 0.5) is 0 Å². The Labute approximate surface area is 127 Å². The molecule has 0 heterocycles. The number of nitrogens with one attached hydrogen (secondary N) is 1. The van der Waals surface area contributed by atoms with E-state index in [4.69, 9.17) is 4.74 Å². The zero-order valence-corrected chi connectivity index (χ0v) is 12.8. The Kier molecular flexibility index (Phi) is 5.59. The molecule has 0 saturated heterocycles. The van der Waals surface area contributed by atoms with E-state index in [2.05, 4.69) is 56.1 Å². The van der Waals surface area contributed by atoms with Crippen LogP contribution in [-0.4, -0.2) is 6.61 Å². The second kappa shape index (κ2) is 7.65. The highest BCUT2D eigenvalue weighted by atomic mass is 16.5. The number of aryl methyl sites for hydroxylation is 1. The first kappa shape index (κ1) is 15.3. The largest absolute Gasteiger partial charge is 0.489 e. The van der Waals surface area contributed by atoms with Gasteiger partial charge in [0.2, 0.25) is 0 Å². The van der Waals surface area contributed by atoms with Crippen LogP contribution in [0.1, 0.15) is 29.7 Å². The maximum absolute atomic E-state index is 5.68. The van der Waals surface area contributed by atoms with Crippen molar-refractivity contribution in [2.75, 3.05) is 6.61 Å². The SMILES string of the molecule is C=CCOc1ccccc1CN[C@@H](C)c1ccc(C)cc1. The van der Waals surface area contributed by atoms with Crippen molar-refractivity contribution in [1.29, 1.82) is 0 Å². The zero-order chi connectivity index (χ0) is 15.1. The number of hydrogen-bond donors (Lipinski definition) is 1. The summed E-state index contributed by atoms with van der Waals surface area (Å²) in [5, 5.41) is 3.55.